The Morgan fingerprint density at radius 3 is 2.88 bits per heavy atom. The van der Waals surface area contributed by atoms with Crippen LogP contribution in [0.4, 0.5) is 0 Å². The Balaban J connectivity index is 1.76. The van der Waals surface area contributed by atoms with E-state index in [-0.39, 0.29) is 0 Å². The van der Waals surface area contributed by atoms with Crippen LogP contribution in [0.1, 0.15) is 44.2 Å². The van der Waals surface area contributed by atoms with Crippen LogP contribution in [0, 0.1) is 0 Å². The van der Waals surface area contributed by atoms with Gasteiger partial charge in [0.25, 0.3) is 0 Å². The molecule has 17 heavy (non-hydrogen) atoms. The van der Waals surface area contributed by atoms with Gasteiger partial charge in [-0.25, -0.2) is 0 Å². The van der Waals surface area contributed by atoms with E-state index in [0.29, 0.717) is 18.9 Å². The highest BCUT2D eigenvalue weighted by Gasteiger charge is 2.23. The molecule has 3 rings (SSSR count). The predicted octanol–water partition coefficient (Wildman–Crippen LogP) is 3.01. The van der Waals surface area contributed by atoms with Gasteiger partial charge in [-0.05, 0) is 25.8 Å². The molecule has 1 fully saturated rings. The first-order valence-electron chi connectivity index (χ1n) is 6.49. The van der Waals surface area contributed by atoms with E-state index in [1.807, 2.05) is 12.1 Å². The van der Waals surface area contributed by atoms with Gasteiger partial charge in [0.2, 0.25) is 6.79 Å². The Kier molecular flexibility index (Phi) is 2.93. The van der Waals surface area contributed by atoms with Crippen LogP contribution in [0.3, 0.4) is 0 Å². The van der Waals surface area contributed by atoms with E-state index in [1.54, 1.807) is 0 Å². The van der Waals surface area contributed by atoms with Gasteiger partial charge < -0.3 is 14.8 Å². The molecule has 0 bridgehead atoms. The first-order valence-corrected chi connectivity index (χ1v) is 6.49. The molecule has 92 valence electrons. The molecule has 1 heterocycles. The van der Waals surface area contributed by atoms with Gasteiger partial charge in [0.1, 0.15) is 0 Å². The molecule has 0 saturated heterocycles. The number of ether oxygens (including phenoxy) is 2. The summed E-state index contributed by atoms with van der Waals surface area (Å²) in [5, 5.41) is 3.69. The van der Waals surface area contributed by atoms with Crippen LogP contribution in [0.2, 0.25) is 0 Å². The zero-order chi connectivity index (χ0) is 11.7. The lowest BCUT2D eigenvalue weighted by molar-refractivity contribution is 0.172. The summed E-state index contributed by atoms with van der Waals surface area (Å²) in [7, 11) is 0. The van der Waals surface area contributed by atoms with Crippen molar-refractivity contribution in [2.75, 3.05) is 6.79 Å². The van der Waals surface area contributed by atoms with E-state index >= 15 is 0 Å². The highest BCUT2D eigenvalue weighted by atomic mass is 16.7. The second-order valence-corrected chi connectivity index (χ2v) is 4.95. The normalized spacial score (nSPS) is 20.8. The number of benzene rings is 1. The summed E-state index contributed by atoms with van der Waals surface area (Å²) >= 11 is 0. The van der Waals surface area contributed by atoms with Crippen LogP contribution in [0.25, 0.3) is 0 Å². The largest absolute Gasteiger partial charge is 0.454 e. The predicted molar refractivity (Wildman–Crippen MR) is 66.4 cm³/mol. The summed E-state index contributed by atoms with van der Waals surface area (Å²) in [4.78, 5) is 0. The van der Waals surface area contributed by atoms with Crippen molar-refractivity contribution in [1.82, 2.24) is 5.32 Å². The number of nitrogens with one attached hydrogen (secondary N) is 1. The van der Waals surface area contributed by atoms with Crippen molar-refractivity contribution in [3.05, 3.63) is 23.8 Å². The second kappa shape index (κ2) is 4.57. The van der Waals surface area contributed by atoms with Crippen molar-refractivity contribution in [3.63, 3.8) is 0 Å². The van der Waals surface area contributed by atoms with E-state index in [1.165, 1.54) is 31.2 Å². The molecule has 0 amide bonds. The van der Waals surface area contributed by atoms with Crippen LogP contribution < -0.4 is 14.8 Å². The molecule has 1 saturated carbocycles. The average molecular weight is 233 g/mol. The van der Waals surface area contributed by atoms with Crippen molar-refractivity contribution < 1.29 is 9.47 Å². The Labute approximate surface area is 102 Å². The first-order chi connectivity index (χ1) is 8.34. The smallest absolute Gasteiger partial charge is 0.231 e. The second-order valence-electron chi connectivity index (χ2n) is 4.95. The maximum absolute atomic E-state index is 5.55. The number of fused-ring (bicyclic) bond motifs is 1. The molecular formula is C14H19NO2. The van der Waals surface area contributed by atoms with Gasteiger partial charge >= 0.3 is 0 Å². The fourth-order valence-electron chi connectivity index (χ4n) is 2.83. The van der Waals surface area contributed by atoms with E-state index < -0.39 is 0 Å². The molecule has 1 aliphatic heterocycles. The molecule has 1 aromatic carbocycles. The summed E-state index contributed by atoms with van der Waals surface area (Å²) < 4.78 is 11.0. The highest BCUT2D eigenvalue weighted by Crippen LogP contribution is 2.38. The lowest BCUT2D eigenvalue weighted by atomic mass is 10.1. The molecule has 1 N–H and O–H groups in total. The molecule has 1 aliphatic carbocycles. The van der Waals surface area contributed by atoms with E-state index in [0.717, 1.165) is 11.5 Å². The van der Waals surface area contributed by atoms with Gasteiger partial charge in [0.15, 0.2) is 11.5 Å². The van der Waals surface area contributed by atoms with Crippen molar-refractivity contribution >= 4 is 0 Å². The number of para-hydroxylation sites is 1. The lowest BCUT2D eigenvalue weighted by Gasteiger charge is -2.20. The maximum Gasteiger partial charge on any atom is 0.231 e. The summed E-state index contributed by atoms with van der Waals surface area (Å²) in [5.41, 5.74) is 1.21. The summed E-state index contributed by atoms with van der Waals surface area (Å²) in [6.45, 7) is 2.55. The summed E-state index contributed by atoms with van der Waals surface area (Å²) in [6, 6.07) is 7.13. The minimum Gasteiger partial charge on any atom is -0.454 e. The quantitative estimate of drug-likeness (QED) is 0.870. The van der Waals surface area contributed by atoms with Gasteiger partial charge in [0.05, 0.1) is 0 Å². The van der Waals surface area contributed by atoms with Crippen molar-refractivity contribution in [2.24, 2.45) is 0 Å². The average Bonchev–Trinajstić information content (AvgIpc) is 2.97. The zero-order valence-corrected chi connectivity index (χ0v) is 10.2. The highest BCUT2D eigenvalue weighted by molar-refractivity contribution is 5.49. The molecule has 2 aliphatic rings. The zero-order valence-electron chi connectivity index (χ0n) is 10.2. The number of rotatable bonds is 3. The standard InChI is InChI=1S/C14H19NO2/c1-10(15-11-5-2-3-6-11)12-7-4-8-13-14(12)17-9-16-13/h4,7-8,10-11,15H,2-3,5-6,9H2,1H3. The van der Waals surface area contributed by atoms with Crippen LogP contribution >= 0.6 is 0 Å². The van der Waals surface area contributed by atoms with Gasteiger partial charge in [-0.3, -0.25) is 0 Å². The molecule has 0 spiro atoms. The molecule has 1 aromatic rings. The molecule has 3 nitrogen and oxygen atoms in total. The Morgan fingerprint density at radius 2 is 2.06 bits per heavy atom. The molecule has 0 aromatic heterocycles. The minimum atomic E-state index is 0.328. The fraction of sp³-hybridized carbons (Fsp3) is 0.571. The van der Waals surface area contributed by atoms with Crippen LogP contribution in [0.15, 0.2) is 18.2 Å². The van der Waals surface area contributed by atoms with Crippen LogP contribution in [-0.4, -0.2) is 12.8 Å². The third-order valence-electron chi connectivity index (χ3n) is 3.73. The Morgan fingerprint density at radius 1 is 1.24 bits per heavy atom. The van der Waals surface area contributed by atoms with E-state index in [2.05, 4.69) is 18.3 Å². The van der Waals surface area contributed by atoms with Crippen LogP contribution in [-0.2, 0) is 0 Å². The third kappa shape index (κ3) is 2.12. The Bertz CT molecular complexity index is 399. The molecular weight excluding hydrogens is 214 g/mol. The van der Waals surface area contributed by atoms with Crippen LogP contribution in [0.5, 0.6) is 11.5 Å². The topological polar surface area (TPSA) is 30.5 Å². The molecule has 3 heteroatoms. The third-order valence-corrected chi connectivity index (χ3v) is 3.73. The lowest BCUT2D eigenvalue weighted by Crippen LogP contribution is -2.29. The molecule has 1 unspecified atom stereocenters. The van der Waals surface area contributed by atoms with Crippen molar-refractivity contribution in [1.29, 1.82) is 0 Å². The fourth-order valence-corrected chi connectivity index (χ4v) is 2.83. The van der Waals surface area contributed by atoms with Gasteiger partial charge in [-0.15, -0.1) is 0 Å². The number of hydrogen-bond acceptors (Lipinski definition) is 3. The van der Waals surface area contributed by atoms with Crippen molar-refractivity contribution in [2.45, 2.75) is 44.7 Å². The summed E-state index contributed by atoms with van der Waals surface area (Å²) in [5.74, 6) is 1.80. The van der Waals surface area contributed by atoms with Crippen molar-refractivity contribution in [3.8, 4) is 11.5 Å². The molecule has 1 atom stereocenters. The summed E-state index contributed by atoms with van der Waals surface area (Å²) in [6.07, 6.45) is 5.32. The molecule has 0 radical (unpaired) electrons. The first kappa shape index (κ1) is 10.9. The van der Waals surface area contributed by atoms with E-state index in [4.69, 9.17) is 9.47 Å². The monoisotopic (exact) mass is 233 g/mol. The SMILES string of the molecule is CC(NC1CCCC1)c1cccc2c1OCO2. The van der Waals surface area contributed by atoms with Gasteiger partial charge in [0, 0.05) is 17.6 Å². The number of hydrogen-bond donors (Lipinski definition) is 1. The maximum atomic E-state index is 5.55. The van der Waals surface area contributed by atoms with E-state index in [9.17, 15) is 0 Å². The van der Waals surface area contributed by atoms with Gasteiger partial charge in [-0.2, -0.15) is 0 Å². The Hall–Kier alpha value is -1.22. The minimum absolute atomic E-state index is 0.328. The van der Waals surface area contributed by atoms with Gasteiger partial charge in [-0.1, -0.05) is 25.0 Å².